The van der Waals surface area contributed by atoms with Crippen molar-refractivity contribution < 1.29 is 0 Å². The first kappa shape index (κ1) is 20.0. The van der Waals surface area contributed by atoms with Gasteiger partial charge in [-0.25, -0.2) is 9.97 Å². The maximum atomic E-state index is 4.77. The van der Waals surface area contributed by atoms with Gasteiger partial charge in [0.2, 0.25) is 0 Å². The smallest absolute Gasteiger partial charge is 0.116 e. The van der Waals surface area contributed by atoms with Crippen LogP contribution in [0.4, 0.5) is 0 Å². The van der Waals surface area contributed by atoms with Gasteiger partial charge in [0.05, 0.1) is 11.4 Å². The predicted octanol–water partition coefficient (Wildman–Crippen LogP) is 9.61. The van der Waals surface area contributed by atoms with Gasteiger partial charge in [0.15, 0.2) is 0 Å². The van der Waals surface area contributed by atoms with E-state index in [2.05, 4.69) is 115 Å². The second kappa shape index (κ2) is 7.24. The first-order valence-electron chi connectivity index (χ1n) is 13.0. The molecule has 9 rings (SSSR count). The molecule has 0 aliphatic carbocycles. The Morgan fingerprint density at radius 1 is 0.342 bits per heavy atom. The molecule has 1 aromatic heterocycles. The molecule has 2 heteroatoms. The molecule has 0 radical (unpaired) electrons. The minimum atomic E-state index is 0.943. The molecule has 0 atom stereocenters. The zero-order valence-electron chi connectivity index (χ0n) is 20.4. The molecule has 0 spiro atoms. The molecule has 9 aromatic rings. The second-order valence-electron chi connectivity index (χ2n) is 10.2. The molecular weight excluding hydrogens is 460 g/mol. The largest absolute Gasteiger partial charge is 0.236 e. The van der Waals surface area contributed by atoms with Crippen LogP contribution in [0.3, 0.4) is 0 Å². The SMILES string of the molecule is c1cc2ccc3ccc(-c4cc(-c5ccc6ccc7cccc8ccc5c6c78)ncn4)c4ccc(c1)c2c34. The summed E-state index contributed by atoms with van der Waals surface area (Å²) in [6.07, 6.45) is 1.71. The minimum absolute atomic E-state index is 0.943. The van der Waals surface area contributed by atoms with Gasteiger partial charge in [-0.15, -0.1) is 0 Å². The fourth-order valence-electron chi connectivity index (χ4n) is 6.57. The summed E-state index contributed by atoms with van der Waals surface area (Å²) in [7, 11) is 0. The molecular formula is C36H20N2. The molecule has 38 heavy (non-hydrogen) atoms. The van der Waals surface area contributed by atoms with E-state index in [0.29, 0.717) is 0 Å². The lowest BCUT2D eigenvalue weighted by molar-refractivity contribution is 1.18. The number of aromatic nitrogens is 2. The molecule has 8 aromatic carbocycles. The summed E-state index contributed by atoms with van der Waals surface area (Å²) in [4.78, 5) is 9.54. The van der Waals surface area contributed by atoms with E-state index in [-0.39, 0.29) is 0 Å². The van der Waals surface area contributed by atoms with Crippen LogP contribution in [0.25, 0.3) is 87.1 Å². The van der Waals surface area contributed by atoms with Crippen molar-refractivity contribution in [2.75, 3.05) is 0 Å². The molecule has 0 aliphatic rings. The minimum Gasteiger partial charge on any atom is -0.236 e. The normalized spacial score (nSPS) is 12.2. The summed E-state index contributed by atoms with van der Waals surface area (Å²) >= 11 is 0. The summed E-state index contributed by atoms with van der Waals surface area (Å²) in [5.41, 5.74) is 4.16. The number of hydrogen-bond acceptors (Lipinski definition) is 2. The molecule has 0 saturated carbocycles. The zero-order valence-corrected chi connectivity index (χ0v) is 20.4. The Bertz CT molecular complexity index is 2150. The molecule has 0 amide bonds. The number of rotatable bonds is 2. The summed E-state index contributed by atoms with van der Waals surface area (Å²) in [5.74, 6) is 0. The summed E-state index contributed by atoms with van der Waals surface area (Å²) in [5, 5.41) is 15.3. The Kier molecular flexibility index (Phi) is 3.82. The fraction of sp³-hybridized carbons (Fsp3) is 0. The van der Waals surface area contributed by atoms with Crippen LogP contribution >= 0.6 is 0 Å². The summed E-state index contributed by atoms with van der Waals surface area (Å²) in [6.45, 7) is 0. The number of nitrogens with zero attached hydrogens (tertiary/aromatic N) is 2. The van der Waals surface area contributed by atoms with E-state index in [4.69, 9.17) is 9.97 Å². The lowest BCUT2D eigenvalue weighted by Crippen LogP contribution is -1.93. The quantitative estimate of drug-likeness (QED) is 0.230. The van der Waals surface area contributed by atoms with Gasteiger partial charge in [0, 0.05) is 11.1 Å². The van der Waals surface area contributed by atoms with E-state index in [0.717, 1.165) is 22.5 Å². The highest BCUT2D eigenvalue weighted by Gasteiger charge is 2.16. The van der Waals surface area contributed by atoms with Crippen LogP contribution in [-0.2, 0) is 0 Å². The summed E-state index contributed by atoms with van der Waals surface area (Å²) < 4.78 is 0. The van der Waals surface area contributed by atoms with E-state index in [1.54, 1.807) is 6.33 Å². The van der Waals surface area contributed by atoms with Crippen LogP contribution in [0, 0.1) is 0 Å². The van der Waals surface area contributed by atoms with Crippen molar-refractivity contribution in [1.29, 1.82) is 0 Å². The van der Waals surface area contributed by atoms with E-state index in [9.17, 15) is 0 Å². The third-order valence-electron chi connectivity index (χ3n) is 8.28. The topological polar surface area (TPSA) is 25.8 Å². The molecule has 2 nitrogen and oxygen atoms in total. The molecule has 0 fully saturated rings. The standard InChI is InChI=1S/C36H20N2/c1-3-21-7-9-25-11-15-27(29-17-13-23(5-1)33(21)35(25)29)31-19-32(38-20-37-31)28-16-12-26-10-8-22-4-2-6-24-14-18-30(28)36(26)34(22)24/h1-20H. The molecule has 0 saturated heterocycles. The highest BCUT2D eigenvalue weighted by molar-refractivity contribution is 6.26. The fourth-order valence-corrected chi connectivity index (χ4v) is 6.57. The molecule has 1 heterocycles. The van der Waals surface area contributed by atoms with Crippen molar-refractivity contribution in [2.24, 2.45) is 0 Å². The highest BCUT2D eigenvalue weighted by Crippen LogP contribution is 2.41. The number of benzene rings is 8. The first-order valence-corrected chi connectivity index (χ1v) is 13.0. The van der Waals surface area contributed by atoms with Crippen LogP contribution in [0.5, 0.6) is 0 Å². The Balaban J connectivity index is 1.30. The third kappa shape index (κ3) is 2.61. The third-order valence-corrected chi connectivity index (χ3v) is 8.28. The number of hydrogen-bond donors (Lipinski definition) is 0. The Morgan fingerprint density at radius 3 is 1.16 bits per heavy atom. The molecule has 0 N–H and O–H groups in total. The Labute approximate surface area is 218 Å². The van der Waals surface area contributed by atoms with Crippen LogP contribution in [0.2, 0.25) is 0 Å². The average molecular weight is 481 g/mol. The van der Waals surface area contributed by atoms with Gasteiger partial charge < -0.3 is 0 Å². The Hall–Kier alpha value is -5.08. The highest BCUT2D eigenvalue weighted by atomic mass is 14.8. The van der Waals surface area contributed by atoms with Crippen molar-refractivity contribution >= 4 is 64.6 Å². The average Bonchev–Trinajstić information content (AvgIpc) is 2.98. The van der Waals surface area contributed by atoms with E-state index in [1.807, 2.05) is 0 Å². The van der Waals surface area contributed by atoms with E-state index < -0.39 is 0 Å². The van der Waals surface area contributed by atoms with Crippen molar-refractivity contribution in [3.05, 3.63) is 122 Å². The van der Waals surface area contributed by atoms with Gasteiger partial charge >= 0.3 is 0 Å². The van der Waals surface area contributed by atoms with Crippen molar-refractivity contribution in [3.8, 4) is 22.5 Å². The van der Waals surface area contributed by atoms with Crippen molar-refractivity contribution in [2.45, 2.75) is 0 Å². The Morgan fingerprint density at radius 2 is 0.711 bits per heavy atom. The molecule has 0 unspecified atom stereocenters. The van der Waals surface area contributed by atoms with Crippen LogP contribution in [0.1, 0.15) is 0 Å². The van der Waals surface area contributed by atoms with Crippen LogP contribution in [-0.4, -0.2) is 9.97 Å². The molecule has 0 bridgehead atoms. The molecule has 0 aliphatic heterocycles. The maximum absolute atomic E-state index is 4.77. The maximum Gasteiger partial charge on any atom is 0.116 e. The van der Waals surface area contributed by atoms with Gasteiger partial charge in [-0.2, -0.15) is 0 Å². The first-order chi connectivity index (χ1) is 18.8. The van der Waals surface area contributed by atoms with Crippen molar-refractivity contribution in [1.82, 2.24) is 9.97 Å². The lowest BCUT2D eigenvalue weighted by Gasteiger charge is -2.15. The van der Waals surface area contributed by atoms with Gasteiger partial charge in [-0.1, -0.05) is 109 Å². The zero-order chi connectivity index (χ0) is 24.8. The summed E-state index contributed by atoms with van der Waals surface area (Å²) in [6, 6.07) is 41.9. The second-order valence-corrected chi connectivity index (χ2v) is 10.2. The van der Waals surface area contributed by atoms with Gasteiger partial charge in [-0.05, 0) is 70.7 Å². The van der Waals surface area contributed by atoms with E-state index >= 15 is 0 Å². The van der Waals surface area contributed by atoms with Crippen molar-refractivity contribution in [3.63, 3.8) is 0 Å². The van der Waals surface area contributed by atoms with Crippen LogP contribution < -0.4 is 0 Å². The molecule has 174 valence electrons. The monoisotopic (exact) mass is 480 g/mol. The predicted molar refractivity (Wildman–Crippen MR) is 160 cm³/mol. The van der Waals surface area contributed by atoms with E-state index in [1.165, 1.54) is 64.6 Å². The lowest BCUT2D eigenvalue weighted by atomic mass is 9.90. The van der Waals surface area contributed by atoms with Gasteiger partial charge in [0.1, 0.15) is 6.33 Å². The van der Waals surface area contributed by atoms with Crippen LogP contribution in [0.15, 0.2) is 122 Å². The van der Waals surface area contributed by atoms with Gasteiger partial charge in [0.25, 0.3) is 0 Å². The van der Waals surface area contributed by atoms with Gasteiger partial charge in [-0.3, -0.25) is 0 Å².